The largest absolute Gasteiger partial charge is 0.462 e. The highest BCUT2D eigenvalue weighted by Crippen LogP contribution is 2.13. The van der Waals surface area contributed by atoms with E-state index in [4.69, 9.17) is 14.2 Å². The number of hydrogen-bond donors (Lipinski definition) is 0. The van der Waals surface area contributed by atoms with E-state index in [1.165, 1.54) is 57.8 Å². The number of unbranched alkanes of at least 4 members (excludes halogenated alkanes) is 17. The highest BCUT2D eigenvalue weighted by molar-refractivity contribution is 5.70. The summed E-state index contributed by atoms with van der Waals surface area (Å²) in [6.07, 6.45) is 77.8. The fourth-order valence-corrected chi connectivity index (χ4v) is 7.06. The van der Waals surface area contributed by atoms with Crippen LogP contribution >= 0.6 is 0 Å². The summed E-state index contributed by atoms with van der Waals surface area (Å²) in [4.78, 5) is 25.5. The molecule has 0 radical (unpaired) electrons. The average molecular weight is 913 g/mol. The monoisotopic (exact) mass is 913 g/mol. The van der Waals surface area contributed by atoms with Crippen molar-refractivity contribution >= 4 is 11.9 Å². The van der Waals surface area contributed by atoms with Gasteiger partial charge in [0, 0.05) is 19.4 Å². The van der Waals surface area contributed by atoms with Crippen LogP contribution < -0.4 is 0 Å². The molecule has 0 heterocycles. The van der Waals surface area contributed by atoms with Gasteiger partial charge in [0.2, 0.25) is 0 Å². The zero-order valence-electron chi connectivity index (χ0n) is 42.9. The molecule has 0 spiro atoms. The summed E-state index contributed by atoms with van der Waals surface area (Å²) >= 11 is 0. The molecule has 0 aliphatic rings. The second kappa shape index (κ2) is 55.6. The Hall–Kier alpha value is -3.70. The summed E-state index contributed by atoms with van der Waals surface area (Å²) in [5, 5.41) is 0. The Kier molecular flexibility index (Phi) is 52.5. The van der Waals surface area contributed by atoms with Crippen molar-refractivity contribution in [1.82, 2.24) is 0 Å². The maximum Gasteiger partial charge on any atom is 0.306 e. The standard InChI is InChI=1S/C61H100O5/c1-4-7-10-13-16-19-22-25-28-30-32-35-38-41-44-47-50-53-56-64-57-59(66-61(63)55-52-49-46-43-40-37-33-27-24-21-18-15-12-9-6-3)58-65-60(62)54-51-48-45-42-39-36-34-31-29-26-23-20-17-14-11-8-5-2/h7-12,16-21,25-29,33-34,36,59H,4-6,13-15,22-24,30-32,35,37-58H2,1-3H3/b10-7-,11-8-,12-9-,19-16-,20-17-,21-18-,28-25-,29-26-,33-27-,36-34-. The van der Waals surface area contributed by atoms with Gasteiger partial charge in [-0.05, 0) is 122 Å². The predicted octanol–water partition coefficient (Wildman–Crippen LogP) is 18.6. The van der Waals surface area contributed by atoms with Crippen molar-refractivity contribution in [3.05, 3.63) is 122 Å². The Morgan fingerprint density at radius 3 is 1.02 bits per heavy atom. The van der Waals surface area contributed by atoms with E-state index in [1.54, 1.807) is 0 Å². The van der Waals surface area contributed by atoms with Crippen molar-refractivity contribution in [1.29, 1.82) is 0 Å². The molecule has 0 saturated carbocycles. The van der Waals surface area contributed by atoms with Gasteiger partial charge in [-0.2, -0.15) is 0 Å². The molecule has 66 heavy (non-hydrogen) atoms. The van der Waals surface area contributed by atoms with Gasteiger partial charge in [0.25, 0.3) is 0 Å². The first-order valence-electron chi connectivity index (χ1n) is 27.1. The second-order valence-electron chi connectivity index (χ2n) is 17.3. The molecule has 0 saturated heterocycles. The maximum atomic E-state index is 12.8. The molecule has 0 amide bonds. The number of esters is 2. The molecule has 0 aromatic rings. The first-order chi connectivity index (χ1) is 32.6. The lowest BCUT2D eigenvalue weighted by atomic mass is 10.1. The van der Waals surface area contributed by atoms with Gasteiger partial charge >= 0.3 is 11.9 Å². The summed E-state index contributed by atoms with van der Waals surface area (Å²) in [6, 6.07) is 0. The van der Waals surface area contributed by atoms with Crippen molar-refractivity contribution < 1.29 is 23.8 Å². The van der Waals surface area contributed by atoms with Crippen LogP contribution in [0, 0.1) is 0 Å². The minimum absolute atomic E-state index is 0.0550. The van der Waals surface area contributed by atoms with Crippen molar-refractivity contribution in [3.8, 4) is 0 Å². The molecule has 0 aromatic heterocycles. The van der Waals surface area contributed by atoms with E-state index >= 15 is 0 Å². The van der Waals surface area contributed by atoms with Crippen molar-refractivity contribution in [2.45, 2.75) is 232 Å². The first kappa shape index (κ1) is 62.3. The lowest BCUT2D eigenvalue weighted by Crippen LogP contribution is -2.30. The summed E-state index contributed by atoms with van der Waals surface area (Å²) in [5.74, 6) is -0.454. The minimum Gasteiger partial charge on any atom is -0.462 e. The van der Waals surface area contributed by atoms with Crippen LogP contribution in [0.4, 0.5) is 0 Å². The van der Waals surface area contributed by atoms with E-state index in [2.05, 4.69) is 142 Å². The SMILES string of the molecule is CC/C=C\C/C=C\C/C=C\C/C=C\CCCCCCC(=O)OCC(COCCCCCCCCCC/C=C\C/C=C\C/C=C\CC)OC(=O)CCCCCCC/C=C\C/C=C\C/C=C\CC. The summed E-state index contributed by atoms with van der Waals surface area (Å²) in [6.45, 7) is 7.43. The van der Waals surface area contributed by atoms with Gasteiger partial charge < -0.3 is 14.2 Å². The van der Waals surface area contributed by atoms with E-state index in [-0.39, 0.29) is 25.2 Å². The zero-order valence-corrected chi connectivity index (χ0v) is 42.9. The lowest BCUT2D eigenvalue weighted by Gasteiger charge is -2.18. The van der Waals surface area contributed by atoms with Gasteiger partial charge in [-0.25, -0.2) is 0 Å². The predicted molar refractivity (Wildman–Crippen MR) is 288 cm³/mol. The topological polar surface area (TPSA) is 61.8 Å². The van der Waals surface area contributed by atoms with Crippen LogP contribution in [-0.4, -0.2) is 37.9 Å². The van der Waals surface area contributed by atoms with Crippen LogP contribution in [0.3, 0.4) is 0 Å². The van der Waals surface area contributed by atoms with Gasteiger partial charge in [0.1, 0.15) is 6.61 Å². The normalized spacial score (nSPS) is 13.2. The number of allylic oxidation sites excluding steroid dienone is 20. The molecule has 0 aliphatic carbocycles. The molecular weight excluding hydrogens is 813 g/mol. The molecule has 0 aromatic carbocycles. The van der Waals surface area contributed by atoms with Gasteiger partial charge in [0.05, 0.1) is 6.61 Å². The number of carbonyl (C=O) groups excluding carboxylic acids is 2. The average Bonchev–Trinajstić information content (AvgIpc) is 3.32. The number of hydrogen-bond acceptors (Lipinski definition) is 5. The highest BCUT2D eigenvalue weighted by atomic mass is 16.6. The first-order valence-corrected chi connectivity index (χ1v) is 27.1. The smallest absolute Gasteiger partial charge is 0.306 e. The van der Waals surface area contributed by atoms with E-state index in [0.29, 0.717) is 19.4 Å². The molecule has 0 bridgehead atoms. The van der Waals surface area contributed by atoms with E-state index in [1.807, 2.05) is 0 Å². The number of rotatable bonds is 48. The van der Waals surface area contributed by atoms with Gasteiger partial charge in [-0.1, -0.05) is 213 Å². The minimum atomic E-state index is -0.568. The van der Waals surface area contributed by atoms with E-state index in [0.717, 1.165) is 135 Å². The number of ether oxygens (including phenoxy) is 3. The van der Waals surface area contributed by atoms with Gasteiger partial charge in [-0.3, -0.25) is 9.59 Å². The Morgan fingerprint density at radius 2 is 0.636 bits per heavy atom. The van der Waals surface area contributed by atoms with Crippen LogP contribution in [0.15, 0.2) is 122 Å². The Labute approximate surface area is 407 Å². The molecule has 5 nitrogen and oxygen atoms in total. The molecule has 0 aliphatic heterocycles. The highest BCUT2D eigenvalue weighted by Gasteiger charge is 2.17. The summed E-state index contributed by atoms with van der Waals surface area (Å²) in [5.41, 5.74) is 0. The van der Waals surface area contributed by atoms with E-state index < -0.39 is 6.10 Å². The third-order valence-electron chi connectivity index (χ3n) is 11.0. The molecule has 374 valence electrons. The zero-order chi connectivity index (χ0) is 47.7. The van der Waals surface area contributed by atoms with Crippen molar-refractivity contribution in [3.63, 3.8) is 0 Å². The third kappa shape index (κ3) is 52.9. The molecule has 5 heteroatoms. The van der Waals surface area contributed by atoms with E-state index in [9.17, 15) is 9.59 Å². The second-order valence-corrected chi connectivity index (χ2v) is 17.3. The van der Waals surface area contributed by atoms with Crippen molar-refractivity contribution in [2.75, 3.05) is 19.8 Å². The van der Waals surface area contributed by atoms with Crippen molar-refractivity contribution in [2.24, 2.45) is 0 Å². The fourth-order valence-electron chi connectivity index (χ4n) is 7.06. The maximum absolute atomic E-state index is 12.8. The van der Waals surface area contributed by atoms with Crippen LogP contribution in [0.5, 0.6) is 0 Å². The Balaban J connectivity index is 4.38. The molecule has 0 fully saturated rings. The quantitative estimate of drug-likeness (QED) is 0.0346. The Morgan fingerprint density at radius 1 is 0.333 bits per heavy atom. The van der Waals surface area contributed by atoms with Crippen LogP contribution in [0.2, 0.25) is 0 Å². The summed E-state index contributed by atoms with van der Waals surface area (Å²) < 4.78 is 17.4. The third-order valence-corrected chi connectivity index (χ3v) is 11.0. The van der Waals surface area contributed by atoms with Crippen LogP contribution in [-0.2, 0) is 23.8 Å². The van der Waals surface area contributed by atoms with Crippen LogP contribution in [0.1, 0.15) is 226 Å². The molecule has 0 N–H and O–H groups in total. The number of carbonyl (C=O) groups is 2. The lowest BCUT2D eigenvalue weighted by molar-refractivity contribution is -0.163. The molecular formula is C61H100O5. The van der Waals surface area contributed by atoms with Crippen LogP contribution in [0.25, 0.3) is 0 Å². The van der Waals surface area contributed by atoms with Gasteiger partial charge in [-0.15, -0.1) is 0 Å². The Bertz CT molecular complexity index is 1350. The molecule has 0 rings (SSSR count). The summed E-state index contributed by atoms with van der Waals surface area (Å²) in [7, 11) is 0. The molecule has 1 unspecified atom stereocenters. The molecule has 1 atom stereocenters. The van der Waals surface area contributed by atoms with Gasteiger partial charge in [0.15, 0.2) is 6.10 Å². The fraction of sp³-hybridized carbons (Fsp3) is 0.639.